The summed E-state index contributed by atoms with van der Waals surface area (Å²) in [6.07, 6.45) is 2.08. The van der Waals surface area contributed by atoms with Crippen LogP contribution in [0.4, 0.5) is 0 Å². The zero-order chi connectivity index (χ0) is 14.4. The van der Waals surface area contributed by atoms with Gasteiger partial charge in [-0.15, -0.1) is 24.8 Å². The molecule has 0 spiro atoms. The van der Waals surface area contributed by atoms with Gasteiger partial charge in [0, 0.05) is 39.0 Å². The van der Waals surface area contributed by atoms with Crippen molar-refractivity contribution >= 4 is 30.7 Å². The first-order chi connectivity index (χ1) is 9.72. The normalized spacial score (nSPS) is 15.1. The summed E-state index contributed by atoms with van der Waals surface area (Å²) in [6.45, 7) is 6.49. The van der Waals surface area contributed by atoms with Crippen LogP contribution in [0.1, 0.15) is 31.5 Å². The van der Waals surface area contributed by atoms with Gasteiger partial charge in [0.1, 0.15) is 0 Å². The molecule has 0 aliphatic carbocycles. The van der Waals surface area contributed by atoms with Crippen LogP contribution in [0.3, 0.4) is 0 Å². The van der Waals surface area contributed by atoms with E-state index in [2.05, 4.69) is 15.0 Å². The van der Waals surface area contributed by atoms with E-state index >= 15 is 0 Å². The minimum Gasteiger partial charge on any atom is -0.340 e. The van der Waals surface area contributed by atoms with Crippen molar-refractivity contribution in [1.82, 2.24) is 19.9 Å². The molecule has 1 fully saturated rings. The monoisotopic (exact) mass is 353 g/mol. The van der Waals surface area contributed by atoms with Crippen LogP contribution >= 0.6 is 24.8 Å². The van der Waals surface area contributed by atoms with E-state index in [-0.39, 0.29) is 30.7 Å². The largest absolute Gasteiger partial charge is 0.340 e. The summed E-state index contributed by atoms with van der Waals surface area (Å²) in [5.41, 5.74) is 5.43. The standard InChI is InChI=1S/C13H23N5O2.2ClH/c1-2-12-15-11(16-20-12)10-17-6-8-18(9-7-17)13(19)4-3-5-14;;/h2-10,14H2,1H3;2*1H. The summed E-state index contributed by atoms with van der Waals surface area (Å²) in [4.78, 5) is 20.3. The van der Waals surface area contributed by atoms with Crippen molar-refractivity contribution in [2.75, 3.05) is 32.7 Å². The zero-order valence-electron chi connectivity index (χ0n) is 12.9. The van der Waals surface area contributed by atoms with E-state index in [0.717, 1.165) is 44.8 Å². The fourth-order valence-corrected chi connectivity index (χ4v) is 2.26. The lowest BCUT2D eigenvalue weighted by atomic mass is 10.2. The Hall–Kier alpha value is -0.890. The van der Waals surface area contributed by atoms with Crippen molar-refractivity contribution in [3.8, 4) is 0 Å². The third-order valence-corrected chi connectivity index (χ3v) is 3.50. The second-order valence-corrected chi connectivity index (χ2v) is 5.01. The van der Waals surface area contributed by atoms with E-state index in [1.807, 2.05) is 11.8 Å². The van der Waals surface area contributed by atoms with Gasteiger partial charge in [-0.2, -0.15) is 4.98 Å². The number of piperazine rings is 1. The lowest BCUT2D eigenvalue weighted by Crippen LogP contribution is -2.48. The minimum absolute atomic E-state index is 0. The van der Waals surface area contributed by atoms with E-state index in [9.17, 15) is 4.79 Å². The van der Waals surface area contributed by atoms with Crippen molar-refractivity contribution < 1.29 is 9.32 Å². The number of aryl methyl sites for hydroxylation is 1. The summed E-state index contributed by atoms with van der Waals surface area (Å²) in [5.74, 6) is 1.61. The number of hydrogen-bond donors (Lipinski definition) is 1. The van der Waals surface area contributed by atoms with Crippen molar-refractivity contribution in [3.05, 3.63) is 11.7 Å². The fourth-order valence-electron chi connectivity index (χ4n) is 2.26. The van der Waals surface area contributed by atoms with Gasteiger partial charge in [-0.05, 0) is 13.0 Å². The molecule has 0 unspecified atom stereocenters. The molecule has 1 aliphatic rings. The van der Waals surface area contributed by atoms with Gasteiger partial charge in [-0.1, -0.05) is 12.1 Å². The molecule has 9 heteroatoms. The molecule has 128 valence electrons. The third-order valence-electron chi connectivity index (χ3n) is 3.50. The van der Waals surface area contributed by atoms with Crippen LogP contribution in [0.25, 0.3) is 0 Å². The van der Waals surface area contributed by atoms with E-state index < -0.39 is 0 Å². The van der Waals surface area contributed by atoms with E-state index in [1.165, 1.54) is 0 Å². The lowest BCUT2D eigenvalue weighted by molar-refractivity contribution is -0.133. The van der Waals surface area contributed by atoms with Crippen LogP contribution in [-0.4, -0.2) is 58.6 Å². The SMILES string of the molecule is CCc1nc(CN2CCN(C(=O)CCCN)CC2)no1.Cl.Cl. The lowest BCUT2D eigenvalue weighted by Gasteiger charge is -2.34. The van der Waals surface area contributed by atoms with Crippen LogP contribution in [0.15, 0.2) is 4.52 Å². The van der Waals surface area contributed by atoms with Crippen molar-refractivity contribution in [1.29, 1.82) is 0 Å². The molecule has 0 atom stereocenters. The average Bonchev–Trinajstić information content (AvgIpc) is 2.93. The fraction of sp³-hybridized carbons (Fsp3) is 0.769. The van der Waals surface area contributed by atoms with E-state index in [0.29, 0.717) is 25.4 Å². The Morgan fingerprint density at radius 1 is 1.27 bits per heavy atom. The quantitative estimate of drug-likeness (QED) is 0.815. The highest BCUT2D eigenvalue weighted by atomic mass is 35.5. The number of rotatable bonds is 6. The predicted octanol–water partition coefficient (Wildman–Crippen LogP) is 0.859. The second-order valence-electron chi connectivity index (χ2n) is 5.01. The Morgan fingerprint density at radius 2 is 1.95 bits per heavy atom. The van der Waals surface area contributed by atoms with Gasteiger partial charge in [0.2, 0.25) is 11.8 Å². The van der Waals surface area contributed by atoms with E-state index in [1.54, 1.807) is 0 Å². The van der Waals surface area contributed by atoms with Gasteiger partial charge in [0.05, 0.1) is 6.54 Å². The maximum Gasteiger partial charge on any atom is 0.226 e. The Morgan fingerprint density at radius 3 is 2.50 bits per heavy atom. The molecule has 1 saturated heterocycles. The molecule has 0 bridgehead atoms. The molecular formula is C13H25Cl2N5O2. The number of nitrogens with two attached hydrogens (primary N) is 1. The van der Waals surface area contributed by atoms with Gasteiger partial charge in [-0.25, -0.2) is 0 Å². The van der Waals surface area contributed by atoms with Gasteiger partial charge < -0.3 is 15.2 Å². The maximum atomic E-state index is 11.9. The minimum atomic E-state index is 0. The van der Waals surface area contributed by atoms with Crippen molar-refractivity contribution in [2.24, 2.45) is 5.73 Å². The van der Waals surface area contributed by atoms with Crippen LogP contribution in [-0.2, 0) is 17.8 Å². The first-order valence-corrected chi connectivity index (χ1v) is 7.24. The third kappa shape index (κ3) is 6.08. The zero-order valence-corrected chi connectivity index (χ0v) is 14.5. The second kappa shape index (κ2) is 10.8. The highest BCUT2D eigenvalue weighted by molar-refractivity contribution is 5.85. The molecule has 7 nitrogen and oxygen atoms in total. The molecule has 22 heavy (non-hydrogen) atoms. The topological polar surface area (TPSA) is 88.5 Å². The summed E-state index contributed by atoms with van der Waals surface area (Å²) in [5, 5.41) is 3.95. The van der Waals surface area contributed by atoms with Gasteiger partial charge in [0.25, 0.3) is 0 Å². The first kappa shape index (κ1) is 21.1. The molecule has 1 amide bonds. The maximum absolute atomic E-state index is 11.9. The highest BCUT2D eigenvalue weighted by Crippen LogP contribution is 2.08. The Bertz CT molecular complexity index is 436. The Labute approximate surface area is 143 Å². The number of carbonyl (C=O) groups is 1. The first-order valence-electron chi connectivity index (χ1n) is 7.24. The van der Waals surface area contributed by atoms with E-state index in [4.69, 9.17) is 10.3 Å². The molecule has 1 aromatic rings. The molecule has 2 N–H and O–H groups in total. The molecule has 2 heterocycles. The molecule has 0 saturated carbocycles. The van der Waals surface area contributed by atoms with Gasteiger partial charge >= 0.3 is 0 Å². The summed E-state index contributed by atoms with van der Waals surface area (Å²) in [7, 11) is 0. The summed E-state index contributed by atoms with van der Waals surface area (Å²) in [6, 6.07) is 0. The smallest absolute Gasteiger partial charge is 0.226 e. The van der Waals surface area contributed by atoms with Gasteiger partial charge in [0.15, 0.2) is 5.82 Å². The number of amides is 1. The van der Waals surface area contributed by atoms with Gasteiger partial charge in [-0.3, -0.25) is 9.69 Å². The Kier molecular flexibility index (Phi) is 10.3. The van der Waals surface area contributed by atoms with Crippen LogP contribution in [0.5, 0.6) is 0 Å². The number of nitrogens with zero attached hydrogens (tertiary/aromatic N) is 4. The van der Waals surface area contributed by atoms with Crippen molar-refractivity contribution in [2.45, 2.75) is 32.7 Å². The average molecular weight is 354 g/mol. The van der Waals surface area contributed by atoms with Crippen LogP contribution in [0.2, 0.25) is 0 Å². The molecule has 0 aromatic carbocycles. The summed E-state index contributed by atoms with van der Waals surface area (Å²) >= 11 is 0. The molecule has 1 aliphatic heterocycles. The Balaban J connectivity index is 0.00000220. The number of halogens is 2. The number of hydrogen-bond acceptors (Lipinski definition) is 6. The van der Waals surface area contributed by atoms with Crippen LogP contribution in [0, 0.1) is 0 Å². The molecule has 0 radical (unpaired) electrons. The molecule has 1 aromatic heterocycles. The number of carbonyl (C=O) groups excluding carboxylic acids is 1. The molecular weight excluding hydrogens is 329 g/mol. The predicted molar refractivity (Wildman–Crippen MR) is 88.3 cm³/mol. The van der Waals surface area contributed by atoms with Crippen molar-refractivity contribution in [3.63, 3.8) is 0 Å². The number of aromatic nitrogens is 2. The molecule has 2 rings (SSSR count). The highest BCUT2D eigenvalue weighted by Gasteiger charge is 2.21. The summed E-state index contributed by atoms with van der Waals surface area (Å²) < 4.78 is 5.09. The van der Waals surface area contributed by atoms with Crippen LogP contribution < -0.4 is 5.73 Å².